The average Bonchev–Trinajstić information content (AvgIpc) is 2.88. The van der Waals surface area contributed by atoms with E-state index in [-0.39, 0.29) is 0 Å². The second-order valence-corrected chi connectivity index (χ2v) is 11.4. The number of rotatable bonds is 5. The van der Waals surface area contributed by atoms with Crippen molar-refractivity contribution in [1.29, 1.82) is 0 Å². The molecule has 0 aliphatic heterocycles. The van der Waals surface area contributed by atoms with Crippen LogP contribution in [0.2, 0.25) is 0 Å². The summed E-state index contributed by atoms with van der Waals surface area (Å²) in [6.45, 7) is 0. The van der Waals surface area contributed by atoms with Crippen LogP contribution < -0.4 is 0 Å². The third-order valence-electron chi connectivity index (χ3n) is 3.24. The predicted molar refractivity (Wildman–Crippen MR) is 94.6 cm³/mol. The van der Waals surface area contributed by atoms with Crippen molar-refractivity contribution in [3.63, 3.8) is 0 Å². The van der Waals surface area contributed by atoms with Gasteiger partial charge < -0.3 is 0 Å². The first-order valence-corrected chi connectivity index (χ1v) is 10.8. The van der Waals surface area contributed by atoms with Crippen LogP contribution in [0.15, 0.2) is 24.3 Å². The molecule has 0 unspecified atom stereocenters. The van der Waals surface area contributed by atoms with E-state index in [0.29, 0.717) is 0 Å². The van der Waals surface area contributed by atoms with Crippen LogP contribution in [-0.4, -0.2) is 70.4 Å². The van der Waals surface area contributed by atoms with E-state index in [4.69, 9.17) is 0 Å². The van der Waals surface area contributed by atoms with Crippen molar-refractivity contribution in [3.8, 4) is 0 Å². The molecule has 0 aliphatic carbocycles. The molecule has 1 aromatic heterocycles. The van der Waals surface area contributed by atoms with E-state index in [1.54, 1.807) is 11.7 Å². The van der Waals surface area contributed by atoms with Crippen molar-refractivity contribution in [2.45, 2.75) is 0 Å². The number of fused-ring (bicyclic) bond motifs is 1. The SMILES string of the molecule is CN(C)[P+](N(C)C)(N(C)C=O)n1nnc2ccccc21.F[P-](F)(F)(F)(F)F. The van der Waals surface area contributed by atoms with E-state index in [1.807, 2.05) is 66.2 Å². The maximum absolute atomic E-state index is 11.4. The minimum absolute atomic E-state index is 0.819. The molecule has 15 heteroatoms. The first-order chi connectivity index (χ1) is 11.9. The van der Waals surface area contributed by atoms with Crippen molar-refractivity contribution in [3.05, 3.63) is 24.3 Å². The molecule has 0 aliphatic rings. The zero-order valence-corrected chi connectivity index (χ0v) is 16.9. The molecule has 0 spiro atoms. The number of nitrogens with zero attached hydrogens (tertiary/aromatic N) is 6. The number of carbonyl (C=O) groups is 1. The molecule has 0 saturated carbocycles. The third kappa shape index (κ3) is 6.24. The number of hydrogen-bond donors (Lipinski definition) is 0. The Morgan fingerprint density at radius 2 is 1.41 bits per heavy atom. The van der Waals surface area contributed by atoms with Gasteiger partial charge >= 0.3 is 40.9 Å². The van der Waals surface area contributed by atoms with Gasteiger partial charge in [-0.3, -0.25) is 4.79 Å². The van der Waals surface area contributed by atoms with Gasteiger partial charge in [0.1, 0.15) is 11.0 Å². The van der Waals surface area contributed by atoms with Crippen LogP contribution >= 0.6 is 15.7 Å². The van der Waals surface area contributed by atoms with Gasteiger partial charge in [-0.1, -0.05) is 16.6 Å². The fourth-order valence-electron chi connectivity index (χ4n) is 2.51. The van der Waals surface area contributed by atoms with Gasteiger partial charge in [0.2, 0.25) is 6.41 Å². The topological polar surface area (TPSA) is 57.5 Å². The molecular weight excluding hydrogens is 420 g/mol. The van der Waals surface area contributed by atoms with E-state index in [0.717, 1.165) is 17.4 Å². The van der Waals surface area contributed by atoms with Gasteiger partial charge in [-0.05, 0) is 17.3 Å². The quantitative estimate of drug-likeness (QED) is 0.388. The van der Waals surface area contributed by atoms with E-state index in [2.05, 4.69) is 10.3 Å². The Bertz CT molecular complexity index is 790. The fraction of sp³-hybridized carbons (Fsp3) is 0.417. The summed E-state index contributed by atoms with van der Waals surface area (Å²) in [6, 6.07) is 7.76. The Hall–Kier alpha value is -1.55. The fourth-order valence-corrected chi connectivity index (χ4v) is 6.03. The summed E-state index contributed by atoms with van der Waals surface area (Å²) in [6.07, 6.45) is 0.838. The summed E-state index contributed by atoms with van der Waals surface area (Å²) in [5, 5.41) is 8.52. The molecule has 27 heavy (non-hydrogen) atoms. The second-order valence-electron chi connectivity index (χ2n) is 5.84. The molecule has 7 nitrogen and oxygen atoms in total. The molecular formula is C12H20F6N6OP2. The summed E-state index contributed by atoms with van der Waals surface area (Å²) < 4.78 is 66.8. The Balaban J connectivity index is 0.000000445. The van der Waals surface area contributed by atoms with Crippen molar-refractivity contribution in [1.82, 2.24) is 28.8 Å². The van der Waals surface area contributed by atoms with Crippen LogP contribution in [0.4, 0.5) is 25.2 Å². The standard InChI is InChI=1S/C12H20N6OP.F6P/c1-15(2)20(16(3)4,17(5)10-19)18-12-9-7-6-8-11(12)13-14-18;1-7(2,3,4,5)6/h6-10H,1-5H3;/q+1;-1. The molecule has 0 saturated heterocycles. The second kappa shape index (κ2) is 6.80. The number of halogens is 6. The van der Waals surface area contributed by atoms with Crippen molar-refractivity contribution in [2.75, 3.05) is 35.2 Å². The van der Waals surface area contributed by atoms with Crippen LogP contribution in [0, 0.1) is 0 Å². The molecule has 0 bridgehead atoms. The molecule has 0 radical (unpaired) electrons. The number of amides is 1. The molecule has 1 aromatic carbocycles. The number of para-hydroxylation sites is 1. The van der Waals surface area contributed by atoms with Gasteiger partial charge in [0.05, 0.1) is 7.05 Å². The van der Waals surface area contributed by atoms with E-state index < -0.39 is 15.7 Å². The third-order valence-corrected chi connectivity index (χ3v) is 7.13. The Morgan fingerprint density at radius 1 is 0.963 bits per heavy atom. The Kier molecular flexibility index (Phi) is 5.92. The minimum atomic E-state index is -10.7. The molecule has 156 valence electrons. The molecule has 1 amide bonds. The zero-order valence-electron chi connectivity index (χ0n) is 15.1. The van der Waals surface area contributed by atoms with Crippen molar-refractivity contribution < 1.29 is 30.0 Å². The summed E-state index contributed by atoms with van der Waals surface area (Å²) >= 11 is 0. The Morgan fingerprint density at radius 3 is 1.81 bits per heavy atom. The summed E-state index contributed by atoms with van der Waals surface area (Å²) in [5.41, 5.74) is 1.73. The number of hydrogen-bond acceptors (Lipinski definition) is 5. The molecule has 2 rings (SSSR count). The summed E-state index contributed by atoms with van der Waals surface area (Å²) in [5.74, 6) is 0. The Labute approximate surface area is 152 Å². The van der Waals surface area contributed by atoms with E-state index >= 15 is 0 Å². The van der Waals surface area contributed by atoms with Crippen LogP contribution in [0.3, 0.4) is 0 Å². The van der Waals surface area contributed by atoms with Gasteiger partial charge in [-0.2, -0.15) is 4.67 Å². The number of benzene rings is 1. The van der Waals surface area contributed by atoms with E-state index in [1.165, 1.54) is 0 Å². The molecule has 0 atom stereocenters. The van der Waals surface area contributed by atoms with Gasteiger partial charge in [0.15, 0.2) is 0 Å². The van der Waals surface area contributed by atoms with Crippen LogP contribution in [0.5, 0.6) is 0 Å². The maximum atomic E-state index is 11.4. The van der Waals surface area contributed by atoms with Gasteiger partial charge in [0.25, 0.3) is 0 Å². The van der Waals surface area contributed by atoms with Crippen molar-refractivity contribution >= 4 is 33.1 Å². The molecule has 2 aromatic rings. The van der Waals surface area contributed by atoms with Crippen molar-refractivity contribution in [2.24, 2.45) is 0 Å². The normalized spacial score (nSPS) is 15.1. The summed E-state index contributed by atoms with van der Waals surface area (Å²) in [4.78, 5) is 11.4. The summed E-state index contributed by atoms with van der Waals surface area (Å²) in [7, 11) is -3.39. The average molecular weight is 440 g/mol. The number of aromatic nitrogens is 3. The first-order valence-electron chi connectivity index (χ1n) is 7.22. The molecule has 0 fully saturated rings. The van der Waals surface area contributed by atoms with E-state index in [9.17, 15) is 30.0 Å². The predicted octanol–water partition coefficient (Wildman–Crippen LogP) is 4.55. The molecule has 1 heterocycles. The van der Waals surface area contributed by atoms with Crippen LogP contribution in [-0.2, 0) is 4.79 Å². The van der Waals surface area contributed by atoms with Crippen LogP contribution in [0.1, 0.15) is 0 Å². The van der Waals surface area contributed by atoms with Gasteiger partial charge in [-0.15, -0.1) is 14.4 Å². The van der Waals surface area contributed by atoms with Crippen LogP contribution in [0.25, 0.3) is 11.0 Å². The first kappa shape index (κ1) is 23.5. The monoisotopic (exact) mass is 440 g/mol. The van der Waals surface area contributed by atoms with Gasteiger partial charge in [-0.25, -0.2) is 0 Å². The molecule has 0 N–H and O–H groups in total. The van der Waals surface area contributed by atoms with Gasteiger partial charge in [0, 0.05) is 28.2 Å². The number of carbonyl (C=O) groups excluding carboxylic acids is 1. The zero-order chi connectivity index (χ0) is 21.3.